The average molecular weight is 136 g/mol. The van der Waals surface area contributed by atoms with E-state index in [1.807, 2.05) is 5.48 Å². The monoisotopic (exact) mass is 136 g/mol. The van der Waals surface area contributed by atoms with Gasteiger partial charge >= 0.3 is 0 Å². The lowest BCUT2D eigenvalue weighted by Crippen LogP contribution is -1.93. The van der Waals surface area contributed by atoms with E-state index in [1.165, 1.54) is 6.21 Å². The number of para-hydroxylation sites is 1. The second-order valence-electron chi connectivity index (χ2n) is 1.84. The van der Waals surface area contributed by atoms with Gasteiger partial charge in [-0.1, -0.05) is 18.2 Å². The summed E-state index contributed by atoms with van der Waals surface area (Å²) in [7, 11) is 0. The minimum Gasteiger partial charge on any atom is -0.308 e. The van der Waals surface area contributed by atoms with Gasteiger partial charge in [-0.3, -0.25) is 10.7 Å². The molecule has 10 heavy (non-hydrogen) atoms. The summed E-state index contributed by atoms with van der Waals surface area (Å²) in [4.78, 5) is 0. The standard InChI is InChI=1S/C7H8N2O/c8-5-6-3-1-2-4-7(6)9-10/h1-5,8-10H. The molecule has 0 aliphatic heterocycles. The van der Waals surface area contributed by atoms with Gasteiger partial charge in [-0.05, 0) is 6.07 Å². The molecule has 0 amide bonds. The van der Waals surface area contributed by atoms with Crippen LogP contribution in [0.1, 0.15) is 5.56 Å². The summed E-state index contributed by atoms with van der Waals surface area (Å²) in [6.07, 6.45) is 1.18. The predicted molar refractivity (Wildman–Crippen MR) is 39.7 cm³/mol. The Morgan fingerprint density at radius 3 is 2.60 bits per heavy atom. The Balaban J connectivity index is 3.08. The minimum absolute atomic E-state index is 0.553. The molecule has 0 saturated carbocycles. The first-order valence-corrected chi connectivity index (χ1v) is 2.88. The van der Waals surface area contributed by atoms with Crippen molar-refractivity contribution in [3.05, 3.63) is 29.8 Å². The summed E-state index contributed by atoms with van der Waals surface area (Å²) in [6, 6.07) is 7.03. The Kier molecular flexibility index (Phi) is 2.02. The van der Waals surface area contributed by atoms with E-state index in [-0.39, 0.29) is 0 Å². The summed E-state index contributed by atoms with van der Waals surface area (Å²) in [5, 5.41) is 15.4. The Labute approximate surface area is 58.8 Å². The number of hydrogen-bond donors (Lipinski definition) is 3. The molecule has 0 aliphatic carbocycles. The number of nitrogens with one attached hydrogen (secondary N) is 2. The van der Waals surface area contributed by atoms with Crippen LogP contribution in [0.25, 0.3) is 0 Å². The van der Waals surface area contributed by atoms with E-state index in [4.69, 9.17) is 10.6 Å². The van der Waals surface area contributed by atoms with Crippen LogP contribution in [0.3, 0.4) is 0 Å². The van der Waals surface area contributed by atoms with E-state index in [1.54, 1.807) is 24.3 Å². The molecule has 3 nitrogen and oxygen atoms in total. The van der Waals surface area contributed by atoms with Gasteiger partial charge in [-0.25, -0.2) is 0 Å². The molecule has 1 rings (SSSR count). The van der Waals surface area contributed by atoms with Gasteiger partial charge in [-0.2, -0.15) is 0 Å². The maximum atomic E-state index is 8.50. The normalized spacial score (nSPS) is 8.90. The zero-order chi connectivity index (χ0) is 7.40. The summed E-state index contributed by atoms with van der Waals surface area (Å²) >= 11 is 0. The number of hydrogen-bond acceptors (Lipinski definition) is 3. The second-order valence-corrected chi connectivity index (χ2v) is 1.84. The molecule has 0 radical (unpaired) electrons. The third-order valence-corrected chi connectivity index (χ3v) is 1.24. The lowest BCUT2D eigenvalue weighted by atomic mass is 10.2. The molecule has 0 heterocycles. The molecule has 3 N–H and O–H groups in total. The first kappa shape index (κ1) is 6.77. The molecule has 52 valence electrons. The molecule has 0 saturated heterocycles. The van der Waals surface area contributed by atoms with Crippen molar-refractivity contribution in [1.82, 2.24) is 0 Å². The Hall–Kier alpha value is -1.35. The second kappa shape index (κ2) is 2.98. The zero-order valence-corrected chi connectivity index (χ0v) is 5.33. The largest absolute Gasteiger partial charge is 0.308 e. The average Bonchev–Trinajstić information content (AvgIpc) is 2.04. The molecule has 0 bridgehead atoms. The Morgan fingerprint density at radius 1 is 1.40 bits per heavy atom. The lowest BCUT2D eigenvalue weighted by molar-refractivity contribution is 0.389. The third-order valence-electron chi connectivity index (χ3n) is 1.24. The van der Waals surface area contributed by atoms with Gasteiger partial charge in [0.1, 0.15) is 0 Å². The molecule has 0 atom stereocenters. The summed E-state index contributed by atoms with van der Waals surface area (Å²) in [5.74, 6) is 0. The maximum absolute atomic E-state index is 8.50. The number of benzene rings is 1. The molecule has 0 aliphatic rings. The highest BCUT2D eigenvalue weighted by Gasteiger charge is 1.93. The summed E-state index contributed by atoms with van der Waals surface area (Å²) in [5.41, 5.74) is 3.22. The molecular weight excluding hydrogens is 128 g/mol. The minimum atomic E-state index is 0.553. The fourth-order valence-electron chi connectivity index (χ4n) is 0.725. The van der Waals surface area contributed by atoms with Gasteiger partial charge in [0.15, 0.2) is 0 Å². The highest BCUT2D eigenvalue weighted by atomic mass is 16.5. The van der Waals surface area contributed by atoms with Gasteiger partial charge < -0.3 is 5.41 Å². The van der Waals surface area contributed by atoms with Crippen molar-refractivity contribution in [3.63, 3.8) is 0 Å². The lowest BCUT2D eigenvalue weighted by Gasteiger charge is -2.00. The summed E-state index contributed by atoms with van der Waals surface area (Å²) < 4.78 is 0. The smallest absolute Gasteiger partial charge is 0.0689 e. The van der Waals surface area contributed by atoms with Crippen LogP contribution in [0.4, 0.5) is 5.69 Å². The van der Waals surface area contributed by atoms with E-state index in [0.717, 1.165) is 0 Å². The Bertz CT molecular complexity index is 235. The highest BCUT2D eigenvalue weighted by molar-refractivity contribution is 5.85. The molecule has 1 aromatic carbocycles. The van der Waals surface area contributed by atoms with Crippen LogP contribution in [0.5, 0.6) is 0 Å². The van der Waals surface area contributed by atoms with Crippen molar-refractivity contribution in [2.75, 3.05) is 5.48 Å². The van der Waals surface area contributed by atoms with Crippen LogP contribution in [-0.2, 0) is 0 Å². The van der Waals surface area contributed by atoms with Gasteiger partial charge in [0.05, 0.1) is 5.69 Å². The first-order valence-electron chi connectivity index (χ1n) is 2.88. The maximum Gasteiger partial charge on any atom is 0.0689 e. The van der Waals surface area contributed by atoms with Crippen LogP contribution in [0.15, 0.2) is 24.3 Å². The van der Waals surface area contributed by atoms with Crippen molar-refractivity contribution in [1.29, 1.82) is 5.41 Å². The van der Waals surface area contributed by atoms with E-state index < -0.39 is 0 Å². The molecule has 3 heteroatoms. The first-order chi connectivity index (χ1) is 4.88. The van der Waals surface area contributed by atoms with Crippen molar-refractivity contribution in [2.24, 2.45) is 0 Å². The fourth-order valence-corrected chi connectivity index (χ4v) is 0.725. The van der Waals surface area contributed by atoms with Crippen LogP contribution in [-0.4, -0.2) is 11.4 Å². The fraction of sp³-hybridized carbons (Fsp3) is 0. The van der Waals surface area contributed by atoms with Crippen LogP contribution in [0, 0.1) is 5.41 Å². The number of anilines is 1. The van der Waals surface area contributed by atoms with Crippen LogP contribution < -0.4 is 5.48 Å². The van der Waals surface area contributed by atoms with E-state index in [2.05, 4.69) is 0 Å². The highest BCUT2D eigenvalue weighted by Crippen LogP contribution is 2.10. The van der Waals surface area contributed by atoms with Crippen molar-refractivity contribution in [3.8, 4) is 0 Å². The van der Waals surface area contributed by atoms with Crippen LogP contribution in [0.2, 0.25) is 0 Å². The molecular formula is C7H8N2O. The van der Waals surface area contributed by atoms with Gasteiger partial charge in [0.25, 0.3) is 0 Å². The van der Waals surface area contributed by atoms with E-state index in [0.29, 0.717) is 11.3 Å². The third kappa shape index (κ3) is 1.14. The van der Waals surface area contributed by atoms with Gasteiger partial charge in [0, 0.05) is 11.8 Å². The molecule has 0 unspecified atom stereocenters. The van der Waals surface area contributed by atoms with Crippen molar-refractivity contribution >= 4 is 11.9 Å². The van der Waals surface area contributed by atoms with Gasteiger partial charge in [-0.15, -0.1) is 0 Å². The molecule has 0 aromatic heterocycles. The SMILES string of the molecule is N=Cc1ccccc1NO. The van der Waals surface area contributed by atoms with Gasteiger partial charge in [0.2, 0.25) is 0 Å². The predicted octanol–water partition coefficient (Wildman–Crippen LogP) is 1.49. The number of rotatable bonds is 2. The topological polar surface area (TPSA) is 56.1 Å². The van der Waals surface area contributed by atoms with Crippen molar-refractivity contribution in [2.45, 2.75) is 0 Å². The quantitative estimate of drug-likeness (QED) is 0.426. The molecule has 0 spiro atoms. The van der Waals surface area contributed by atoms with E-state index in [9.17, 15) is 0 Å². The Morgan fingerprint density at radius 2 is 2.10 bits per heavy atom. The summed E-state index contributed by atoms with van der Waals surface area (Å²) in [6.45, 7) is 0. The van der Waals surface area contributed by atoms with Crippen molar-refractivity contribution < 1.29 is 5.21 Å². The molecule has 0 fully saturated rings. The zero-order valence-electron chi connectivity index (χ0n) is 5.33. The van der Waals surface area contributed by atoms with Crippen LogP contribution >= 0.6 is 0 Å². The molecule has 1 aromatic rings. The van der Waals surface area contributed by atoms with E-state index >= 15 is 0 Å².